The van der Waals surface area contributed by atoms with Crippen LogP contribution in [0.3, 0.4) is 0 Å². The van der Waals surface area contributed by atoms with Crippen LogP contribution < -0.4 is 19.5 Å². The molecule has 0 atom stereocenters. The fourth-order valence-electron chi connectivity index (χ4n) is 4.64. The molecule has 0 spiro atoms. The first-order valence-corrected chi connectivity index (χ1v) is 15.3. The van der Waals surface area contributed by atoms with Crippen LogP contribution in [0.4, 0.5) is 5.69 Å². The van der Waals surface area contributed by atoms with Crippen molar-refractivity contribution in [3.63, 3.8) is 0 Å². The Bertz CT molecular complexity index is 1880. The fraction of sp³-hybridized carbons (Fsp3) is 0.111. The Morgan fingerprint density at radius 2 is 1.66 bits per heavy atom. The Morgan fingerprint density at radius 1 is 0.909 bits per heavy atom. The molecule has 5 aromatic carbocycles. The van der Waals surface area contributed by atoms with Crippen molar-refractivity contribution in [3.8, 4) is 23.3 Å². The van der Waals surface area contributed by atoms with Crippen LogP contribution in [0.25, 0.3) is 16.8 Å². The second kappa shape index (κ2) is 14.3. The molecule has 0 radical (unpaired) electrons. The van der Waals surface area contributed by atoms with E-state index in [4.69, 9.17) is 14.2 Å². The minimum atomic E-state index is -0.530. The van der Waals surface area contributed by atoms with Crippen molar-refractivity contribution in [2.75, 3.05) is 12.4 Å². The maximum Gasteiger partial charge on any atom is 0.266 e. The summed E-state index contributed by atoms with van der Waals surface area (Å²) in [5.74, 6) is 1.14. The van der Waals surface area contributed by atoms with Gasteiger partial charge in [0.2, 0.25) is 0 Å². The Balaban J connectivity index is 1.27. The van der Waals surface area contributed by atoms with Gasteiger partial charge in [-0.3, -0.25) is 4.79 Å². The lowest BCUT2D eigenvalue weighted by Crippen LogP contribution is -2.13. The van der Waals surface area contributed by atoms with Crippen molar-refractivity contribution in [1.82, 2.24) is 0 Å². The average molecular weight is 712 g/mol. The number of ether oxygens (including phenoxy) is 3. The number of nitriles is 1. The zero-order valence-electron chi connectivity index (χ0n) is 24.1. The highest BCUT2D eigenvalue weighted by atomic mass is 79.9. The third-order valence-electron chi connectivity index (χ3n) is 6.99. The maximum atomic E-state index is 13.0. The second-order valence-corrected chi connectivity index (χ2v) is 11.7. The molecule has 0 saturated heterocycles. The zero-order chi connectivity index (χ0) is 31.1. The van der Waals surface area contributed by atoms with E-state index in [0.29, 0.717) is 46.2 Å². The summed E-state index contributed by atoms with van der Waals surface area (Å²) in [4.78, 5) is 13.0. The minimum absolute atomic E-state index is 0.0606. The van der Waals surface area contributed by atoms with Gasteiger partial charge in [0.15, 0.2) is 11.5 Å². The van der Waals surface area contributed by atoms with Crippen molar-refractivity contribution < 1.29 is 19.0 Å². The summed E-state index contributed by atoms with van der Waals surface area (Å²) in [7, 11) is 1.55. The van der Waals surface area contributed by atoms with E-state index in [1.165, 1.54) is 6.08 Å². The molecule has 5 aromatic rings. The number of amides is 1. The molecule has 44 heavy (non-hydrogen) atoms. The molecule has 0 unspecified atom stereocenters. The summed E-state index contributed by atoms with van der Waals surface area (Å²) in [6.07, 6.45) is 1.51. The van der Waals surface area contributed by atoms with Crippen LogP contribution in [0.2, 0.25) is 0 Å². The number of hydrogen-bond donors (Lipinski definition) is 1. The summed E-state index contributed by atoms with van der Waals surface area (Å²) in [6, 6.07) is 32.8. The van der Waals surface area contributed by atoms with Gasteiger partial charge in [-0.2, -0.15) is 5.26 Å². The van der Waals surface area contributed by atoms with Gasteiger partial charge in [-0.1, -0.05) is 64.5 Å². The standard InChI is InChI=1S/C36H28Br2N2O4/c1-23-7-10-26-5-3-4-6-31(26)32(23)22-44-35-33(38)18-25(19-34(35)42-2)17-27(20-39)36(41)40-29-13-15-30(16-14-29)43-21-24-8-11-28(37)12-9-24/h3-19H,21-22H2,1-2H3,(H,40,41)/b27-17+. The number of rotatable bonds is 10. The van der Waals surface area contributed by atoms with Crippen LogP contribution in [-0.2, 0) is 18.0 Å². The number of carbonyl (C=O) groups is 1. The van der Waals surface area contributed by atoms with E-state index in [-0.39, 0.29) is 5.57 Å². The minimum Gasteiger partial charge on any atom is -0.493 e. The van der Waals surface area contributed by atoms with Crippen molar-refractivity contribution >= 4 is 60.3 Å². The molecule has 220 valence electrons. The number of methoxy groups -OCH3 is 1. The zero-order valence-corrected chi connectivity index (χ0v) is 27.2. The van der Waals surface area contributed by atoms with Crippen molar-refractivity contribution in [3.05, 3.63) is 134 Å². The van der Waals surface area contributed by atoms with E-state index >= 15 is 0 Å². The summed E-state index contributed by atoms with van der Waals surface area (Å²) < 4.78 is 19.4. The number of carbonyl (C=O) groups excluding carboxylic acids is 1. The van der Waals surface area contributed by atoms with E-state index in [2.05, 4.69) is 68.4 Å². The predicted octanol–water partition coefficient (Wildman–Crippen LogP) is 9.39. The Kier molecular flexibility index (Phi) is 10.0. The van der Waals surface area contributed by atoms with E-state index < -0.39 is 5.91 Å². The molecular formula is C36H28Br2N2O4. The third kappa shape index (κ3) is 7.49. The first-order valence-electron chi connectivity index (χ1n) is 13.7. The molecule has 1 N–H and O–H groups in total. The van der Waals surface area contributed by atoms with Gasteiger partial charge in [0.25, 0.3) is 5.91 Å². The lowest BCUT2D eigenvalue weighted by atomic mass is 10.0. The van der Waals surface area contributed by atoms with Crippen molar-refractivity contribution in [2.45, 2.75) is 20.1 Å². The molecule has 0 aliphatic rings. The Morgan fingerprint density at radius 3 is 2.39 bits per heavy atom. The fourth-order valence-corrected chi connectivity index (χ4v) is 5.48. The predicted molar refractivity (Wildman–Crippen MR) is 181 cm³/mol. The molecule has 0 heterocycles. The smallest absolute Gasteiger partial charge is 0.266 e. The van der Waals surface area contributed by atoms with Crippen LogP contribution in [0.15, 0.2) is 112 Å². The van der Waals surface area contributed by atoms with Crippen molar-refractivity contribution in [1.29, 1.82) is 5.26 Å². The van der Waals surface area contributed by atoms with Crippen LogP contribution in [-0.4, -0.2) is 13.0 Å². The molecule has 0 aromatic heterocycles. The van der Waals surface area contributed by atoms with Crippen LogP contribution >= 0.6 is 31.9 Å². The molecule has 0 fully saturated rings. The van der Waals surface area contributed by atoms with Crippen molar-refractivity contribution in [2.24, 2.45) is 0 Å². The number of nitrogens with zero attached hydrogens (tertiary/aromatic N) is 1. The topological polar surface area (TPSA) is 80.6 Å². The summed E-state index contributed by atoms with van der Waals surface area (Å²) in [5.41, 5.74) is 4.34. The Labute approximate surface area is 273 Å². The van der Waals surface area contributed by atoms with Crippen LogP contribution in [0.5, 0.6) is 17.2 Å². The molecule has 8 heteroatoms. The van der Waals surface area contributed by atoms with Gasteiger partial charge in [0, 0.05) is 15.7 Å². The SMILES string of the molecule is COc1cc(/C=C(\C#N)C(=O)Nc2ccc(OCc3ccc(Br)cc3)cc2)cc(Br)c1OCc1c(C)ccc2ccccc12. The van der Waals surface area contributed by atoms with Gasteiger partial charge in [0.1, 0.15) is 30.6 Å². The van der Waals surface area contributed by atoms with Crippen LogP contribution in [0.1, 0.15) is 22.3 Å². The molecule has 6 nitrogen and oxygen atoms in total. The molecule has 0 saturated carbocycles. The summed E-state index contributed by atoms with van der Waals surface area (Å²) >= 11 is 7.01. The first kappa shape index (κ1) is 30.9. The summed E-state index contributed by atoms with van der Waals surface area (Å²) in [6.45, 7) is 2.83. The number of nitrogens with one attached hydrogen (secondary N) is 1. The number of halogens is 2. The highest BCUT2D eigenvalue weighted by molar-refractivity contribution is 9.10. The second-order valence-electron chi connectivity index (χ2n) is 9.97. The summed E-state index contributed by atoms with van der Waals surface area (Å²) in [5, 5.41) is 14.8. The highest BCUT2D eigenvalue weighted by Crippen LogP contribution is 2.38. The lowest BCUT2D eigenvalue weighted by molar-refractivity contribution is -0.112. The molecule has 0 aliphatic carbocycles. The maximum absolute atomic E-state index is 13.0. The van der Waals surface area contributed by atoms with Gasteiger partial charge in [-0.15, -0.1) is 0 Å². The molecule has 0 bridgehead atoms. The van der Waals surface area contributed by atoms with E-state index in [9.17, 15) is 10.1 Å². The molecule has 5 rings (SSSR count). The van der Waals surface area contributed by atoms with Gasteiger partial charge in [-0.25, -0.2) is 0 Å². The Hall–Kier alpha value is -4.58. The van der Waals surface area contributed by atoms with Gasteiger partial charge < -0.3 is 19.5 Å². The van der Waals surface area contributed by atoms with Gasteiger partial charge in [-0.05, 0) is 105 Å². The quantitative estimate of drug-likeness (QED) is 0.115. The average Bonchev–Trinajstić information content (AvgIpc) is 3.04. The largest absolute Gasteiger partial charge is 0.493 e. The number of hydrogen-bond acceptors (Lipinski definition) is 5. The highest BCUT2D eigenvalue weighted by Gasteiger charge is 2.16. The number of benzene rings is 5. The van der Waals surface area contributed by atoms with Gasteiger partial charge in [0.05, 0.1) is 11.6 Å². The normalized spacial score (nSPS) is 11.1. The first-order chi connectivity index (χ1) is 21.3. The third-order valence-corrected chi connectivity index (χ3v) is 8.11. The molecular weight excluding hydrogens is 684 g/mol. The van der Waals surface area contributed by atoms with Gasteiger partial charge >= 0.3 is 0 Å². The molecule has 1 amide bonds. The number of aryl methyl sites for hydroxylation is 1. The van der Waals surface area contributed by atoms with E-state index in [1.54, 1.807) is 43.5 Å². The number of fused-ring (bicyclic) bond motifs is 1. The lowest BCUT2D eigenvalue weighted by Gasteiger charge is -2.16. The van der Waals surface area contributed by atoms with E-state index in [0.717, 1.165) is 31.9 Å². The monoisotopic (exact) mass is 710 g/mol. The molecule has 0 aliphatic heterocycles. The number of anilines is 1. The van der Waals surface area contributed by atoms with E-state index in [1.807, 2.05) is 42.5 Å². The van der Waals surface area contributed by atoms with Crippen LogP contribution in [0, 0.1) is 18.3 Å².